The molecule has 1 aromatic rings. The van der Waals surface area contributed by atoms with Gasteiger partial charge in [-0.1, -0.05) is 12.1 Å². The van der Waals surface area contributed by atoms with Crippen molar-refractivity contribution in [2.75, 3.05) is 26.0 Å². The molecule has 0 radical (unpaired) electrons. The molecule has 16 heavy (non-hydrogen) atoms. The smallest absolute Gasteiger partial charge is 0.321 e. The lowest BCUT2D eigenvalue weighted by atomic mass is 10.3. The van der Waals surface area contributed by atoms with Gasteiger partial charge in [-0.05, 0) is 12.1 Å². The third-order valence-corrected chi connectivity index (χ3v) is 1.83. The van der Waals surface area contributed by atoms with Crippen LogP contribution in [0.25, 0.3) is 0 Å². The van der Waals surface area contributed by atoms with Gasteiger partial charge in [0.2, 0.25) is 0 Å². The van der Waals surface area contributed by atoms with Gasteiger partial charge in [-0.2, -0.15) is 5.26 Å². The van der Waals surface area contributed by atoms with Crippen LogP contribution in [0.5, 0.6) is 5.75 Å². The average molecular weight is 219 g/mol. The molecule has 0 saturated carbocycles. The van der Waals surface area contributed by atoms with Crippen LogP contribution in [0.1, 0.15) is 0 Å². The van der Waals surface area contributed by atoms with Gasteiger partial charge in [-0.25, -0.2) is 4.79 Å². The first kappa shape index (κ1) is 11.9. The highest BCUT2D eigenvalue weighted by Gasteiger charge is 2.08. The van der Waals surface area contributed by atoms with Crippen molar-refractivity contribution in [3.63, 3.8) is 0 Å². The van der Waals surface area contributed by atoms with Gasteiger partial charge in [-0.15, -0.1) is 0 Å². The zero-order valence-corrected chi connectivity index (χ0v) is 9.23. The van der Waals surface area contributed by atoms with E-state index in [1.54, 1.807) is 38.4 Å². The van der Waals surface area contributed by atoms with Gasteiger partial charge in [0.15, 0.2) is 6.61 Å². The first-order valence-electron chi connectivity index (χ1n) is 4.72. The lowest BCUT2D eigenvalue weighted by molar-refractivity contribution is 0.230. The number of ether oxygens (including phenoxy) is 1. The van der Waals surface area contributed by atoms with E-state index in [4.69, 9.17) is 10.00 Å². The minimum Gasteiger partial charge on any atom is -0.477 e. The van der Waals surface area contributed by atoms with Crippen molar-refractivity contribution in [3.8, 4) is 11.8 Å². The Bertz CT molecular complexity index is 410. The number of nitriles is 1. The molecule has 1 rings (SSSR count). The molecule has 0 spiro atoms. The number of nitrogens with one attached hydrogen (secondary N) is 1. The second-order valence-electron chi connectivity index (χ2n) is 3.27. The van der Waals surface area contributed by atoms with Crippen LogP contribution in [0.4, 0.5) is 10.5 Å². The highest BCUT2D eigenvalue weighted by Crippen LogP contribution is 2.23. The summed E-state index contributed by atoms with van der Waals surface area (Å²) in [6, 6.07) is 8.60. The number of amides is 2. The molecule has 5 nitrogen and oxygen atoms in total. The Morgan fingerprint density at radius 3 is 2.81 bits per heavy atom. The van der Waals surface area contributed by atoms with Crippen LogP contribution in [0.2, 0.25) is 0 Å². The minimum atomic E-state index is -0.243. The van der Waals surface area contributed by atoms with Crippen molar-refractivity contribution in [1.29, 1.82) is 5.26 Å². The fourth-order valence-corrected chi connectivity index (χ4v) is 1.03. The predicted molar refractivity (Wildman–Crippen MR) is 60.3 cm³/mol. The summed E-state index contributed by atoms with van der Waals surface area (Å²) in [5.41, 5.74) is 0.552. The molecule has 0 heterocycles. The maximum absolute atomic E-state index is 11.4. The predicted octanol–water partition coefficient (Wildman–Crippen LogP) is 1.68. The van der Waals surface area contributed by atoms with Gasteiger partial charge in [0.25, 0.3) is 0 Å². The maximum atomic E-state index is 11.4. The van der Waals surface area contributed by atoms with Crippen LogP contribution < -0.4 is 10.1 Å². The fraction of sp³-hybridized carbons (Fsp3) is 0.273. The summed E-state index contributed by atoms with van der Waals surface area (Å²) in [4.78, 5) is 12.9. The molecule has 0 aliphatic carbocycles. The summed E-state index contributed by atoms with van der Waals surface area (Å²) in [7, 11) is 3.29. The molecule has 0 bridgehead atoms. The summed E-state index contributed by atoms with van der Waals surface area (Å²) < 4.78 is 5.17. The van der Waals surface area contributed by atoms with Crippen molar-refractivity contribution in [2.45, 2.75) is 0 Å². The standard InChI is InChI=1S/C11H13N3O2/c1-14(2)11(15)13-9-5-3-4-6-10(9)16-8-7-12/h3-6H,8H2,1-2H3,(H,13,15). The Morgan fingerprint density at radius 1 is 1.50 bits per heavy atom. The molecule has 84 valence electrons. The Balaban J connectivity index is 2.79. The monoisotopic (exact) mass is 219 g/mol. The quantitative estimate of drug-likeness (QED) is 0.841. The third kappa shape index (κ3) is 3.17. The van der Waals surface area contributed by atoms with E-state index in [2.05, 4.69) is 5.32 Å². The number of urea groups is 1. The molecule has 0 aliphatic rings. The molecule has 0 aliphatic heterocycles. The number of para-hydroxylation sites is 2. The molecule has 0 atom stereocenters. The normalized spacial score (nSPS) is 9.06. The molecule has 1 aromatic carbocycles. The first-order valence-corrected chi connectivity index (χ1v) is 4.72. The average Bonchev–Trinajstić information content (AvgIpc) is 2.27. The minimum absolute atomic E-state index is 0.0468. The Kier molecular flexibility index (Phi) is 4.16. The van der Waals surface area contributed by atoms with E-state index in [0.29, 0.717) is 11.4 Å². The first-order chi connectivity index (χ1) is 7.65. The second-order valence-corrected chi connectivity index (χ2v) is 3.27. The van der Waals surface area contributed by atoms with Gasteiger partial charge in [0.05, 0.1) is 5.69 Å². The van der Waals surface area contributed by atoms with E-state index in [0.717, 1.165) is 0 Å². The summed E-state index contributed by atoms with van der Waals surface area (Å²) in [6.45, 7) is -0.0468. The number of hydrogen-bond acceptors (Lipinski definition) is 3. The Morgan fingerprint density at radius 2 is 2.19 bits per heavy atom. The summed E-state index contributed by atoms with van der Waals surface area (Å²) in [5, 5.41) is 11.1. The van der Waals surface area contributed by atoms with Crippen molar-refractivity contribution < 1.29 is 9.53 Å². The molecule has 0 fully saturated rings. The molecule has 5 heteroatoms. The van der Waals surface area contributed by atoms with E-state index in [1.807, 2.05) is 6.07 Å². The second kappa shape index (κ2) is 5.61. The Hall–Kier alpha value is -2.22. The van der Waals surface area contributed by atoms with E-state index < -0.39 is 0 Å². The fourth-order valence-electron chi connectivity index (χ4n) is 1.03. The zero-order valence-electron chi connectivity index (χ0n) is 9.23. The number of hydrogen-bond donors (Lipinski definition) is 1. The molecule has 1 N–H and O–H groups in total. The molecule has 2 amide bonds. The van der Waals surface area contributed by atoms with Crippen molar-refractivity contribution in [2.24, 2.45) is 0 Å². The third-order valence-electron chi connectivity index (χ3n) is 1.83. The lowest BCUT2D eigenvalue weighted by Crippen LogP contribution is -2.27. The van der Waals surface area contributed by atoms with Crippen molar-refractivity contribution in [1.82, 2.24) is 4.90 Å². The largest absolute Gasteiger partial charge is 0.477 e. The maximum Gasteiger partial charge on any atom is 0.321 e. The molecular weight excluding hydrogens is 206 g/mol. The summed E-state index contributed by atoms with van der Waals surface area (Å²) in [5.74, 6) is 0.485. The number of nitrogens with zero attached hydrogens (tertiary/aromatic N) is 2. The highest BCUT2D eigenvalue weighted by atomic mass is 16.5. The van der Waals surface area contributed by atoms with Crippen LogP contribution in [0.3, 0.4) is 0 Å². The van der Waals surface area contributed by atoms with Gasteiger partial charge in [0.1, 0.15) is 11.8 Å². The van der Waals surface area contributed by atoms with Crippen LogP contribution in [0, 0.1) is 11.3 Å². The molecular formula is C11H13N3O2. The number of anilines is 1. The van der Waals surface area contributed by atoms with Crippen LogP contribution in [-0.2, 0) is 0 Å². The molecule has 0 saturated heterocycles. The van der Waals surface area contributed by atoms with Crippen molar-refractivity contribution in [3.05, 3.63) is 24.3 Å². The van der Waals surface area contributed by atoms with E-state index in [9.17, 15) is 4.79 Å². The van der Waals surface area contributed by atoms with Gasteiger partial charge in [-0.3, -0.25) is 0 Å². The van der Waals surface area contributed by atoms with Gasteiger partial charge >= 0.3 is 6.03 Å². The van der Waals surface area contributed by atoms with Crippen LogP contribution in [-0.4, -0.2) is 31.6 Å². The summed E-state index contributed by atoms with van der Waals surface area (Å²) >= 11 is 0. The number of benzene rings is 1. The zero-order chi connectivity index (χ0) is 12.0. The summed E-state index contributed by atoms with van der Waals surface area (Å²) in [6.07, 6.45) is 0. The lowest BCUT2D eigenvalue weighted by Gasteiger charge is -2.14. The molecule has 0 unspecified atom stereocenters. The van der Waals surface area contributed by atoms with Gasteiger partial charge in [0, 0.05) is 14.1 Å². The van der Waals surface area contributed by atoms with Crippen LogP contribution >= 0.6 is 0 Å². The number of carbonyl (C=O) groups is 1. The molecule has 0 aromatic heterocycles. The van der Waals surface area contributed by atoms with Gasteiger partial charge < -0.3 is 15.0 Å². The van der Waals surface area contributed by atoms with Crippen molar-refractivity contribution >= 4 is 11.7 Å². The van der Waals surface area contributed by atoms with E-state index in [-0.39, 0.29) is 12.6 Å². The van der Waals surface area contributed by atoms with Crippen LogP contribution in [0.15, 0.2) is 24.3 Å². The number of carbonyl (C=O) groups excluding carboxylic acids is 1. The number of rotatable bonds is 3. The Labute approximate surface area is 94.2 Å². The topological polar surface area (TPSA) is 65.4 Å². The van der Waals surface area contributed by atoms with E-state index >= 15 is 0 Å². The SMILES string of the molecule is CN(C)C(=O)Nc1ccccc1OCC#N. The van der Waals surface area contributed by atoms with E-state index in [1.165, 1.54) is 4.90 Å². The highest BCUT2D eigenvalue weighted by molar-refractivity contribution is 5.90.